The van der Waals surface area contributed by atoms with E-state index in [9.17, 15) is 9.59 Å². The highest BCUT2D eigenvalue weighted by Gasteiger charge is 2.16. The maximum absolute atomic E-state index is 12.0. The van der Waals surface area contributed by atoms with E-state index in [-0.39, 0.29) is 18.5 Å². The summed E-state index contributed by atoms with van der Waals surface area (Å²) in [6.45, 7) is 2.69. The Hall–Kier alpha value is -2.18. The molecule has 0 saturated carbocycles. The number of urea groups is 1. The fourth-order valence-electron chi connectivity index (χ4n) is 2.27. The second-order valence-electron chi connectivity index (χ2n) is 5.40. The first-order valence-electron chi connectivity index (χ1n) is 8.10. The van der Waals surface area contributed by atoms with Crippen LogP contribution in [-0.4, -0.2) is 25.0 Å². The molecule has 24 heavy (non-hydrogen) atoms. The number of amides is 3. The molecule has 0 fully saturated rings. The van der Waals surface area contributed by atoms with E-state index in [1.165, 1.54) is 0 Å². The Bertz CT molecular complexity index is 629. The highest BCUT2D eigenvalue weighted by atomic mass is 32.1. The third-order valence-corrected chi connectivity index (χ3v) is 4.43. The molecule has 0 aliphatic heterocycles. The quantitative estimate of drug-likeness (QED) is 0.644. The molecule has 2 rings (SSSR count). The molecule has 1 heterocycles. The Morgan fingerprint density at radius 1 is 1.12 bits per heavy atom. The van der Waals surface area contributed by atoms with Gasteiger partial charge in [-0.05, 0) is 23.4 Å². The van der Waals surface area contributed by atoms with Gasteiger partial charge < -0.3 is 5.32 Å². The van der Waals surface area contributed by atoms with Crippen molar-refractivity contribution in [2.75, 3.05) is 13.1 Å². The lowest BCUT2D eigenvalue weighted by Gasteiger charge is -2.17. The van der Waals surface area contributed by atoms with Crippen molar-refractivity contribution in [3.63, 3.8) is 0 Å². The zero-order valence-corrected chi connectivity index (χ0v) is 14.6. The van der Waals surface area contributed by atoms with Crippen molar-refractivity contribution < 1.29 is 9.59 Å². The van der Waals surface area contributed by atoms with Gasteiger partial charge in [0.05, 0.1) is 12.6 Å². The van der Waals surface area contributed by atoms with E-state index in [0.29, 0.717) is 6.54 Å². The van der Waals surface area contributed by atoms with Crippen LogP contribution in [0.2, 0.25) is 0 Å². The van der Waals surface area contributed by atoms with Gasteiger partial charge in [0, 0.05) is 11.4 Å². The average molecular weight is 345 g/mol. The number of unbranched alkanes of at least 4 members (excludes halogenated alkanes) is 1. The minimum atomic E-state index is -0.442. The van der Waals surface area contributed by atoms with Gasteiger partial charge in [-0.2, -0.15) is 0 Å². The van der Waals surface area contributed by atoms with Gasteiger partial charge >= 0.3 is 6.03 Å². The van der Waals surface area contributed by atoms with E-state index < -0.39 is 6.03 Å². The van der Waals surface area contributed by atoms with Crippen LogP contribution in [0.1, 0.15) is 36.2 Å². The summed E-state index contributed by atoms with van der Waals surface area (Å²) in [5.74, 6) is -0.346. The number of carbonyl (C=O) groups is 2. The van der Waals surface area contributed by atoms with Crippen LogP contribution in [0.3, 0.4) is 0 Å². The number of imide groups is 1. The third-order valence-electron chi connectivity index (χ3n) is 3.50. The maximum Gasteiger partial charge on any atom is 0.321 e. The average Bonchev–Trinajstić information content (AvgIpc) is 3.10. The minimum absolute atomic E-state index is 0.0681. The van der Waals surface area contributed by atoms with Gasteiger partial charge in [-0.15, -0.1) is 11.3 Å². The van der Waals surface area contributed by atoms with Crippen LogP contribution < -0.4 is 16.0 Å². The van der Waals surface area contributed by atoms with E-state index in [0.717, 1.165) is 23.3 Å². The first-order chi connectivity index (χ1) is 11.7. The van der Waals surface area contributed by atoms with Crippen LogP contribution in [-0.2, 0) is 4.79 Å². The SMILES string of the molecule is CCCCNC(=O)NC(=O)CN[C@H](c1ccccc1)c1cccs1. The molecule has 3 N–H and O–H groups in total. The molecule has 2 aromatic rings. The fourth-order valence-corrected chi connectivity index (χ4v) is 3.10. The van der Waals surface area contributed by atoms with Crippen molar-refractivity contribution in [2.45, 2.75) is 25.8 Å². The van der Waals surface area contributed by atoms with Crippen molar-refractivity contribution in [2.24, 2.45) is 0 Å². The lowest BCUT2D eigenvalue weighted by atomic mass is 10.1. The normalized spacial score (nSPS) is 11.7. The number of nitrogens with one attached hydrogen (secondary N) is 3. The summed E-state index contributed by atoms with van der Waals surface area (Å²) in [7, 11) is 0. The standard InChI is InChI=1S/C18H23N3O2S/c1-2-3-11-19-18(23)21-16(22)13-20-17(15-10-7-12-24-15)14-8-5-4-6-9-14/h4-10,12,17,20H,2-3,11,13H2,1H3,(H2,19,21,22,23)/t17-/m1/s1. The molecule has 1 atom stereocenters. The first-order valence-corrected chi connectivity index (χ1v) is 8.98. The summed E-state index contributed by atoms with van der Waals surface area (Å²) in [5, 5.41) is 10.2. The number of thiophene rings is 1. The summed E-state index contributed by atoms with van der Waals surface area (Å²) in [5.41, 5.74) is 1.08. The molecule has 0 bridgehead atoms. The molecule has 0 unspecified atom stereocenters. The molecule has 6 heteroatoms. The maximum atomic E-state index is 12.0. The molecular weight excluding hydrogens is 322 g/mol. The van der Waals surface area contributed by atoms with E-state index in [1.807, 2.05) is 54.8 Å². The van der Waals surface area contributed by atoms with Crippen LogP contribution in [0.15, 0.2) is 47.8 Å². The Balaban J connectivity index is 1.89. The monoisotopic (exact) mass is 345 g/mol. The molecule has 0 radical (unpaired) electrons. The van der Waals surface area contributed by atoms with Crippen molar-refractivity contribution in [3.8, 4) is 0 Å². The molecule has 5 nitrogen and oxygen atoms in total. The third kappa shape index (κ3) is 5.79. The van der Waals surface area contributed by atoms with Crippen molar-refractivity contribution in [1.29, 1.82) is 0 Å². The van der Waals surface area contributed by atoms with E-state index in [1.54, 1.807) is 11.3 Å². The second-order valence-corrected chi connectivity index (χ2v) is 6.38. The van der Waals surface area contributed by atoms with Crippen LogP contribution in [0.25, 0.3) is 0 Å². The predicted molar refractivity (Wildman–Crippen MR) is 97.1 cm³/mol. The van der Waals surface area contributed by atoms with Gasteiger partial charge in [0.1, 0.15) is 0 Å². The number of carbonyl (C=O) groups excluding carboxylic acids is 2. The fraction of sp³-hybridized carbons (Fsp3) is 0.333. The summed E-state index contributed by atoms with van der Waals surface area (Å²) >= 11 is 1.63. The van der Waals surface area contributed by atoms with Gasteiger partial charge in [-0.25, -0.2) is 4.79 Å². The van der Waals surface area contributed by atoms with Gasteiger partial charge in [-0.1, -0.05) is 49.7 Å². The highest BCUT2D eigenvalue weighted by Crippen LogP contribution is 2.25. The largest absolute Gasteiger partial charge is 0.338 e. The smallest absolute Gasteiger partial charge is 0.321 e. The lowest BCUT2D eigenvalue weighted by Crippen LogP contribution is -2.44. The van der Waals surface area contributed by atoms with Crippen LogP contribution in [0.5, 0.6) is 0 Å². The molecule has 0 aliphatic carbocycles. The highest BCUT2D eigenvalue weighted by molar-refractivity contribution is 7.10. The molecular formula is C18H23N3O2S. The molecule has 128 valence electrons. The lowest BCUT2D eigenvalue weighted by molar-refractivity contribution is -0.119. The summed E-state index contributed by atoms with van der Waals surface area (Å²) in [6.07, 6.45) is 1.89. The number of hydrogen-bond acceptors (Lipinski definition) is 4. The zero-order chi connectivity index (χ0) is 17.2. The number of hydrogen-bond donors (Lipinski definition) is 3. The van der Waals surface area contributed by atoms with Gasteiger partial charge in [0.2, 0.25) is 5.91 Å². The second kappa shape index (κ2) is 9.85. The molecule has 3 amide bonds. The Labute approximate surface area is 146 Å². The molecule has 0 saturated heterocycles. The Kier molecular flexibility index (Phi) is 7.45. The number of benzene rings is 1. The number of rotatable bonds is 8. The minimum Gasteiger partial charge on any atom is -0.338 e. The molecule has 1 aromatic heterocycles. The predicted octanol–water partition coefficient (Wildman–Crippen LogP) is 3.05. The van der Waals surface area contributed by atoms with Crippen LogP contribution >= 0.6 is 11.3 Å². The zero-order valence-electron chi connectivity index (χ0n) is 13.7. The molecule has 1 aromatic carbocycles. The van der Waals surface area contributed by atoms with E-state index in [2.05, 4.69) is 16.0 Å². The summed E-state index contributed by atoms with van der Waals surface area (Å²) < 4.78 is 0. The van der Waals surface area contributed by atoms with Crippen LogP contribution in [0, 0.1) is 0 Å². The van der Waals surface area contributed by atoms with Crippen molar-refractivity contribution in [1.82, 2.24) is 16.0 Å². The Morgan fingerprint density at radius 2 is 1.92 bits per heavy atom. The first kappa shape index (κ1) is 18.2. The van der Waals surface area contributed by atoms with Gasteiger partial charge in [0.15, 0.2) is 0 Å². The van der Waals surface area contributed by atoms with E-state index in [4.69, 9.17) is 0 Å². The molecule has 0 spiro atoms. The van der Waals surface area contributed by atoms with E-state index >= 15 is 0 Å². The van der Waals surface area contributed by atoms with Crippen LogP contribution in [0.4, 0.5) is 4.79 Å². The van der Waals surface area contributed by atoms with Gasteiger partial charge in [-0.3, -0.25) is 15.4 Å². The Morgan fingerprint density at radius 3 is 2.58 bits per heavy atom. The summed E-state index contributed by atoms with van der Waals surface area (Å²) in [4.78, 5) is 24.7. The molecule has 0 aliphatic rings. The summed E-state index contributed by atoms with van der Waals surface area (Å²) in [6, 6.07) is 13.5. The topological polar surface area (TPSA) is 70.2 Å². The van der Waals surface area contributed by atoms with Crippen molar-refractivity contribution in [3.05, 3.63) is 58.3 Å². The van der Waals surface area contributed by atoms with Gasteiger partial charge in [0.25, 0.3) is 0 Å². The van der Waals surface area contributed by atoms with Crippen molar-refractivity contribution >= 4 is 23.3 Å².